The van der Waals surface area contributed by atoms with Crippen molar-refractivity contribution >= 4 is 34.2 Å². The number of hydrogen-bond acceptors (Lipinski definition) is 2. The summed E-state index contributed by atoms with van der Waals surface area (Å²) in [7, 11) is 0. The number of nitrogens with one attached hydrogen (secondary N) is 1. The smallest absolute Gasteiger partial charge is 0.223 e. The summed E-state index contributed by atoms with van der Waals surface area (Å²) in [6.07, 6.45) is 0.938. The van der Waals surface area contributed by atoms with E-state index in [4.69, 9.17) is 5.73 Å². The van der Waals surface area contributed by atoms with Crippen LogP contribution in [0, 0.1) is 5.92 Å². The first-order valence-electron chi connectivity index (χ1n) is 6.19. The number of benzene rings is 1. The average Bonchev–Trinajstić information content (AvgIpc) is 3.05. The first-order chi connectivity index (χ1) is 8.37. The molecule has 3 N–H and O–H groups in total. The molecule has 19 heavy (non-hydrogen) atoms. The lowest BCUT2D eigenvalue weighted by molar-refractivity contribution is -0.122. The van der Waals surface area contributed by atoms with E-state index in [0.29, 0.717) is 12.5 Å². The Hall–Kier alpha value is -0.580. The van der Waals surface area contributed by atoms with Crippen LogP contribution in [0.15, 0.2) is 28.7 Å². The van der Waals surface area contributed by atoms with E-state index in [1.807, 2.05) is 26.0 Å². The third-order valence-electron chi connectivity index (χ3n) is 3.12. The Kier molecular flexibility index (Phi) is 5.42. The first kappa shape index (κ1) is 16.5. The molecule has 0 radical (unpaired) electrons. The topological polar surface area (TPSA) is 55.1 Å². The normalized spacial score (nSPS) is 21.5. The van der Waals surface area contributed by atoms with E-state index in [9.17, 15) is 4.79 Å². The molecule has 2 rings (SSSR count). The molecule has 1 aliphatic carbocycles. The summed E-state index contributed by atoms with van der Waals surface area (Å²) >= 11 is 3.45. The van der Waals surface area contributed by atoms with Gasteiger partial charge in [0.1, 0.15) is 0 Å². The Morgan fingerprint density at radius 2 is 2.21 bits per heavy atom. The van der Waals surface area contributed by atoms with Gasteiger partial charge in [0.15, 0.2) is 0 Å². The maximum absolute atomic E-state index is 11.9. The van der Waals surface area contributed by atoms with Crippen molar-refractivity contribution in [2.24, 2.45) is 11.7 Å². The molecule has 0 aliphatic heterocycles. The van der Waals surface area contributed by atoms with E-state index in [0.717, 1.165) is 10.9 Å². The molecule has 2 atom stereocenters. The largest absolute Gasteiger partial charge is 0.354 e. The van der Waals surface area contributed by atoms with E-state index in [-0.39, 0.29) is 29.8 Å². The van der Waals surface area contributed by atoms with Crippen molar-refractivity contribution in [2.45, 2.75) is 31.7 Å². The van der Waals surface area contributed by atoms with Gasteiger partial charge in [-0.15, -0.1) is 12.4 Å². The SMILES string of the molecule is CC(C)(N)CNC(=O)C1CC1c1cccc(Br)c1.Cl. The highest BCUT2D eigenvalue weighted by molar-refractivity contribution is 9.10. The molecule has 0 spiro atoms. The van der Waals surface area contributed by atoms with Gasteiger partial charge in [-0.05, 0) is 43.9 Å². The van der Waals surface area contributed by atoms with Crippen LogP contribution in [-0.2, 0) is 4.79 Å². The van der Waals surface area contributed by atoms with Gasteiger partial charge in [-0.1, -0.05) is 28.1 Å². The molecule has 1 saturated carbocycles. The van der Waals surface area contributed by atoms with Crippen LogP contribution in [0.2, 0.25) is 0 Å². The maximum atomic E-state index is 11.9. The van der Waals surface area contributed by atoms with Crippen molar-refractivity contribution in [3.63, 3.8) is 0 Å². The Balaban J connectivity index is 0.00000180. The van der Waals surface area contributed by atoms with Gasteiger partial charge in [0, 0.05) is 22.5 Å². The van der Waals surface area contributed by atoms with Crippen molar-refractivity contribution in [2.75, 3.05) is 6.54 Å². The van der Waals surface area contributed by atoms with Crippen molar-refractivity contribution in [3.05, 3.63) is 34.3 Å². The van der Waals surface area contributed by atoms with Crippen molar-refractivity contribution in [3.8, 4) is 0 Å². The third-order valence-corrected chi connectivity index (χ3v) is 3.62. The molecular weight excluding hydrogens is 328 g/mol. The first-order valence-corrected chi connectivity index (χ1v) is 6.98. The second kappa shape index (κ2) is 6.25. The molecule has 1 aromatic carbocycles. The molecule has 0 aromatic heterocycles. The van der Waals surface area contributed by atoms with Gasteiger partial charge in [0.25, 0.3) is 0 Å². The van der Waals surface area contributed by atoms with Crippen molar-refractivity contribution < 1.29 is 4.79 Å². The Labute approximate surface area is 128 Å². The molecule has 0 saturated heterocycles. The lowest BCUT2D eigenvalue weighted by Crippen LogP contribution is -2.45. The lowest BCUT2D eigenvalue weighted by Gasteiger charge is -2.18. The van der Waals surface area contributed by atoms with Crippen molar-refractivity contribution in [1.29, 1.82) is 0 Å². The summed E-state index contributed by atoms with van der Waals surface area (Å²) in [5, 5.41) is 2.92. The van der Waals surface area contributed by atoms with E-state index in [1.54, 1.807) is 0 Å². The van der Waals surface area contributed by atoms with E-state index >= 15 is 0 Å². The monoisotopic (exact) mass is 346 g/mol. The average molecular weight is 348 g/mol. The molecule has 5 heteroatoms. The van der Waals surface area contributed by atoms with Crippen LogP contribution in [0.4, 0.5) is 0 Å². The van der Waals surface area contributed by atoms with Crippen LogP contribution >= 0.6 is 28.3 Å². The molecule has 3 nitrogen and oxygen atoms in total. The number of carbonyl (C=O) groups excluding carboxylic acids is 1. The molecule has 1 amide bonds. The van der Waals surface area contributed by atoms with Crippen molar-refractivity contribution in [1.82, 2.24) is 5.32 Å². The number of carbonyl (C=O) groups is 1. The Morgan fingerprint density at radius 1 is 1.53 bits per heavy atom. The van der Waals surface area contributed by atoms with E-state index < -0.39 is 0 Å². The molecule has 1 fully saturated rings. The van der Waals surface area contributed by atoms with Gasteiger partial charge in [-0.2, -0.15) is 0 Å². The minimum absolute atomic E-state index is 0. The zero-order valence-electron chi connectivity index (χ0n) is 11.2. The molecule has 1 aliphatic rings. The van der Waals surface area contributed by atoms with Gasteiger partial charge in [-0.3, -0.25) is 4.79 Å². The van der Waals surface area contributed by atoms with Gasteiger partial charge in [0.2, 0.25) is 5.91 Å². The number of nitrogens with two attached hydrogens (primary N) is 1. The third kappa shape index (κ3) is 4.79. The zero-order chi connectivity index (χ0) is 13.3. The molecule has 1 aromatic rings. The molecule has 0 heterocycles. The van der Waals surface area contributed by atoms with Crippen LogP contribution in [0.1, 0.15) is 31.7 Å². The summed E-state index contributed by atoms with van der Waals surface area (Å²) in [4.78, 5) is 11.9. The van der Waals surface area contributed by atoms with Crippen LogP contribution in [0.3, 0.4) is 0 Å². The standard InChI is InChI=1S/C14H19BrN2O.ClH/c1-14(2,16)8-17-13(18)12-7-11(12)9-4-3-5-10(15)6-9;/h3-6,11-12H,7-8,16H2,1-2H3,(H,17,18);1H. The van der Waals surface area contributed by atoms with E-state index in [1.165, 1.54) is 5.56 Å². The second-order valence-corrected chi connectivity index (χ2v) is 6.63. The summed E-state index contributed by atoms with van der Waals surface area (Å²) in [5.41, 5.74) is 6.73. The minimum atomic E-state index is -0.351. The molecular formula is C14H20BrClN2O. The summed E-state index contributed by atoms with van der Waals surface area (Å²) in [6.45, 7) is 4.34. The predicted molar refractivity (Wildman–Crippen MR) is 83.5 cm³/mol. The fourth-order valence-corrected chi connectivity index (χ4v) is 2.45. The number of amides is 1. The van der Waals surface area contributed by atoms with Crippen LogP contribution in [0.25, 0.3) is 0 Å². The fraction of sp³-hybridized carbons (Fsp3) is 0.500. The number of halogens is 2. The second-order valence-electron chi connectivity index (χ2n) is 5.71. The molecule has 106 valence electrons. The van der Waals surface area contributed by atoms with Gasteiger partial charge in [0.05, 0.1) is 0 Å². The van der Waals surface area contributed by atoms with Gasteiger partial charge in [-0.25, -0.2) is 0 Å². The highest BCUT2D eigenvalue weighted by Gasteiger charge is 2.43. The van der Waals surface area contributed by atoms with Crippen LogP contribution < -0.4 is 11.1 Å². The summed E-state index contributed by atoms with van der Waals surface area (Å²) in [5.74, 6) is 0.600. The quantitative estimate of drug-likeness (QED) is 0.880. The number of hydrogen-bond donors (Lipinski definition) is 2. The number of rotatable bonds is 4. The predicted octanol–water partition coefficient (Wildman–Crippen LogP) is 2.83. The Bertz CT molecular complexity index is 459. The maximum Gasteiger partial charge on any atom is 0.223 e. The van der Waals surface area contributed by atoms with Crippen LogP contribution in [-0.4, -0.2) is 18.0 Å². The fourth-order valence-electron chi connectivity index (χ4n) is 2.04. The van der Waals surface area contributed by atoms with Crippen LogP contribution in [0.5, 0.6) is 0 Å². The van der Waals surface area contributed by atoms with Gasteiger partial charge >= 0.3 is 0 Å². The van der Waals surface area contributed by atoms with Gasteiger partial charge < -0.3 is 11.1 Å². The van der Waals surface area contributed by atoms with E-state index in [2.05, 4.69) is 33.4 Å². The zero-order valence-corrected chi connectivity index (χ0v) is 13.6. The Morgan fingerprint density at radius 3 is 2.79 bits per heavy atom. The highest BCUT2D eigenvalue weighted by Crippen LogP contribution is 2.47. The highest BCUT2D eigenvalue weighted by atomic mass is 79.9. The minimum Gasteiger partial charge on any atom is -0.354 e. The lowest BCUT2D eigenvalue weighted by atomic mass is 10.1. The summed E-state index contributed by atoms with van der Waals surface area (Å²) < 4.78 is 1.06. The summed E-state index contributed by atoms with van der Waals surface area (Å²) in [6, 6.07) is 8.17. The molecule has 2 unspecified atom stereocenters. The molecule has 0 bridgehead atoms.